The summed E-state index contributed by atoms with van der Waals surface area (Å²) in [5.74, 6) is -1.22. The van der Waals surface area contributed by atoms with Crippen molar-refractivity contribution < 1.29 is 14.3 Å². The number of hydrogen-bond donors (Lipinski definition) is 1. The number of aryl methyl sites for hydroxylation is 1. The fourth-order valence-corrected chi connectivity index (χ4v) is 6.41. The van der Waals surface area contributed by atoms with Gasteiger partial charge in [-0.15, -0.1) is 0 Å². The zero-order valence-corrected chi connectivity index (χ0v) is 18.8. The Balaban J connectivity index is 1.74. The molecule has 0 amide bonds. The summed E-state index contributed by atoms with van der Waals surface area (Å²) in [5, 5.41) is 9.92. The first-order valence-corrected chi connectivity index (χ1v) is 12.0. The maximum absolute atomic E-state index is 15.2. The van der Waals surface area contributed by atoms with Crippen LogP contribution in [0, 0.1) is 18.7 Å². The fourth-order valence-electron chi connectivity index (χ4n) is 3.65. The Bertz CT molecular complexity index is 860. The molecule has 1 N–H and O–H groups in total. The Kier molecular flexibility index (Phi) is 7.19. The molecule has 149 valence electrons. The number of nitrogens with zero attached hydrogens (tertiary/aromatic N) is 1. The van der Waals surface area contributed by atoms with Gasteiger partial charge in [-0.05, 0) is 0 Å². The summed E-state index contributed by atoms with van der Waals surface area (Å²) in [5.41, 5.74) is 2.94. The third-order valence-corrected chi connectivity index (χ3v) is 9.10. The molecule has 0 bridgehead atoms. The minimum absolute atomic E-state index is 0.120. The van der Waals surface area contributed by atoms with Crippen LogP contribution in [-0.4, -0.2) is 44.8 Å². The van der Waals surface area contributed by atoms with Gasteiger partial charge in [-0.2, -0.15) is 0 Å². The first-order chi connectivity index (χ1) is 13.4. The second-order valence-corrected chi connectivity index (χ2v) is 10.6. The summed E-state index contributed by atoms with van der Waals surface area (Å²) in [6, 6.07) is 11.7. The van der Waals surface area contributed by atoms with Crippen LogP contribution < -0.4 is 4.35 Å². The van der Waals surface area contributed by atoms with E-state index in [1.807, 2.05) is 36.1 Å². The average molecular weight is 465 g/mol. The monoisotopic (exact) mass is 464 g/mol. The number of likely N-dealkylation sites (tertiary alicyclic amines) is 1. The molecule has 1 fully saturated rings. The van der Waals surface area contributed by atoms with E-state index < -0.39 is 5.97 Å². The number of hydrogen-bond acceptors (Lipinski definition) is 2. The van der Waals surface area contributed by atoms with Gasteiger partial charge in [-0.3, -0.25) is 0 Å². The van der Waals surface area contributed by atoms with E-state index >= 15 is 4.39 Å². The van der Waals surface area contributed by atoms with Gasteiger partial charge in [-0.1, -0.05) is 0 Å². The molecule has 2 aromatic rings. The van der Waals surface area contributed by atoms with Gasteiger partial charge in [0.15, 0.2) is 0 Å². The van der Waals surface area contributed by atoms with Crippen LogP contribution in [0.15, 0.2) is 36.4 Å². The van der Waals surface area contributed by atoms with Gasteiger partial charge in [0.2, 0.25) is 0 Å². The van der Waals surface area contributed by atoms with Crippen LogP contribution in [0.4, 0.5) is 4.39 Å². The third kappa shape index (κ3) is 4.97. The molecule has 1 saturated heterocycles. The molecule has 0 aliphatic carbocycles. The third-order valence-electron chi connectivity index (χ3n) is 5.32. The Morgan fingerprint density at radius 3 is 2.82 bits per heavy atom. The van der Waals surface area contributed by atoms with E-state index in [0.717, 1.165) is 21.4 Å². The van der Waals surface area contributed by atoms with Crippen LogP contribution in [0.2, 0.25) is 5.02 Å². The Morgan fingerprint density at radius 1 is 1.39 bits per heavy atom. The molecule has 28 heavy (non-hydrogen) atoms. The molecule has 2 aromatic carbocycles. The second kappa shape index (κ2) is 9.43. The van der Waals surface area contributed by atoms with Crippen molar-refractivity contribution in [1.29, 1.82) is 0 Å². The van der Waals surface area contributed by atoms with Gasteiger partial charge < -0.3 is 0 Å². The molecule has 3 nitrogen and oxygen atoms in total. The van der Waals surface area contributed by atoms with Crippen LogP contribution in [-0.2, 0) is 11.3 Å². The van der Waals surface area contributed by atoms with Crippen molar-refractivity contribution in [2.45, 2.75) is 37.9 Å². The van der Waals surface area contributed by atoms with Gasteiger partial charge >= 0.3 is 178 Å². The minimum atomic E-state index is -0.759. The summed E-state index contributed by atoms with van der Waals surface area (Å²) >= 11 is 5.78. The quantitative estimate of drug-likeness (QED) is 0.625. The zero-order chi connectivity index (χ0) is 20.3. The number of carbonyl (C=O) groups is 1. The molecule has 0 aromatic heterocycles. The first kappa shape index (κ1) is 21.4. The van der Waals surface area contributed by atoms with Crippen LogP contribution in [0.1, 0.15) is 41.2 Å². The molecule has 0 saturated carbocycles. The predicted octanol–water partition coefficient (Wildman–Crippen LogP) is 4.17. The molecular weight excluding hydrogens is 440 g/mol. The Morgan fingerprint density at radius 2 is 2.18 bits per heavy atom. The molecule has 1 aliphatic heterocycles. The molecule has 1 radical (unpaired) electrons. The summed E-state index contributed by atoms with van der Waals surface area (Å²) in [6.45, 7) is 5.81. The normalized spacial score (nSPS) is 18.8. The van der Waals surface area contributed by atoms with Crippen LogP contribution in [0.3, 0.4) is 0 Å². The van der Waals surface area contributed by atoms with E-state index in [1.165, 1.54) is 5.56 Å². The van der Waals surface area contributed by atoms with Crippen LogP contribution in [0.5, 0.6) is 0 Å². The predicted molar refractivity (Wildman–Crippen MR) is 112 cm³/mol. The number of benzene rings is 2. The molecule has 2 unspecified atom stereocenters. The van der Waals surface area contributed by atoms with Crippen LogP contribution in [0.25, 0.3) is 0 Å². The van der Waals surface area contributed by atoms with Crippen molar-refractivity contribution in [3.05, 3.63) is 63.9 Å². The van der Waals surface area contributed by atoms with Crippen molar-refractivity contribution in [1.82, 2.24) is 4.90 Å². The van der Waals surface area contributed by atoms with Crippen molar-refractivity contribution in [3.63, 3.8) is 0 Å². The van der Waals surface area contributed by atoms with E-state index in [2.05, 4.69) is 19.1 Å². The summed E-state index contributed by atoms with van der Waals surface area (Å²) < 4.78 is 16.3. The fraction of sp³-hybridized carbons (Fsp3) is 0.409. The van der Waals surface area contributed by atoms with Gasteiger partial charge in [-0.25, -0.2) is 0 Å². The molecule has 0 spiro atoms. The Hall–Kier alpha value is -1.35. The Labute approximate surface area is 177 Å². The van der Waals surface area contributed by atoms with Crippen LogP contribution >= 0.6 is 11.6 Å². The SMILES string of the molecule is CCC([As]c1cccc(CN2CCC(C(=O)O)C2)c1F)c1ccc(Cl)c(C)c1. The average Bonchev–Trinajstić information content (AvgIpc) is 3.14. The van der Waals surface area contributed by atoms with E-state index in [9.17, 15) is 4.79 Å². The molecule has 6 heteroatoms. The van der Waals surface area contributed by atoms with Crippen molar-refractivity contribution in [3.8, 4) is 0 Å². The van der Waals surface area contributed by atoms with Crippen molar-refractivity contribution >= 4 is 37.7 Å². The molecular formula is C22H25AsClFNO2. The summed E-state index contributed by atoms with van der Waals surface area (Å²) in [4.78, 5) is 13.2. The number of carboxylic acid groups (broad SMARTS) is 1. The number of aliphatic carboxylic acids is 1. The van der Waals surface area contributed by atoms with Gasteiger partial charge in [0.05, 0.1) is 0 Å². The van der Waals surface area contributed by atoms with E-state index in [4.69, 9.17) is 16.7 Å². The van der Waals surface area contributed by atoms with Gasteiger partial charge in [0.25, 0.3) is 0 Å². The van der Waals surface area contributed by atoms with E-state index in [-0.39, 0.29) is 27.5 Å². The molecule has 2 atom stereocenters. The van der Waals surface area contributed by atoms with Gasteiger partial charge in [0.1, 0.15) is 0 Å². The number of carboxylic acids is 1. The summed E-state index contributed by atoms with van der Waals surface area (Å²) in [6.07, 6.45) is 1.59. The molecule has 3 rings (SSSR count). The standard InChI is InChI=1S/C22H25AsClFNO2/c1-3-18(15-7-8-20(24)14(2)11-15)23-19-6-4-5-16(21(19)25)12-26-10-9-17(13-26)22(27)28/h4-8,11,17-18H,3,9-10,12-13H2,1-2H3,(H,27,28). The van der Waals surface area contributed by atoms with E-state index in [1.54, 1.807) is 0 Å². The number of rotatable bonds is 7. The van der Waals surface area contributed by atoms with Crippen molar-refractivity contribution in [2.24, 2.45) is 5.92 Å². The van der Waals surface area contributed by atoms with E-state index in [0.29, 0.717) is 36.3 Å². The molecule has 1 heterocycles. The number of halogens is 2. The molecule has 1 aliphatic rings. The zero-order valence-electron chi connectivity index (χ0n) is 16.2. The first-order valence-electron chi connectivity index (χ1n) is 9.58. The topological polar surface area (TPSA) is 40.5 Å². The van der Waals surface area contributed by atoms with Crippen molar-refractivity contribution in [2.75, 3.05) is 13.1 Å². The summed E-state index contributed by atoms with van der Waals surface area (Å²) in [7, 11) is 0. The maximum atomic E-state index is 15.2. The second-order valence-electron chi connectivity index (χ2n) is 7.37. The van der Waals surface area contributed by atoms with Gasteiger partial charge in [0, 0.05) is 0 Å².